The van der Waals surface area contributed by atoms with Gasteiger partial charge < -0.3 is 10.6 Å². The molecule has 10 heteroatoms. The van der Waals surface area contributed by atoms with Crippen molar-refractivity contribution < 1.29 is 17.2 Å². The van der Waals surface area contributed by atoms with E-state index in [0.717, 1.165) is 69.0 Å². The Balaban J connectivity index is 1.24. The molecule has 0 aromatic carbocycles. The van der Waals surface area contributed by atoms with Crippen molar-refractivity contribution in [1.82, 2.24) is 10.6 Å². The molecule has 0 spiro atoms. The van der Waals surface area contributed by atoms with Gasteiger partial charge in [0.25, 0.3) is 0 Å². The van der Waals surface area contributed by atoms with Gasteiger partial charge in [0.15, 0.2) is 0 Å². The standard InChI is InChI=1S/C34H63N5O4S/c1-24(2)32(43-44(40,41)42)14-9-25(3)29-12-13-30-28-11-10-26-23-27(37-21-8-20-36-19-6-7-22-38-39-35)15-17-33(26,4)31(28)16-18-34(29,30)5/h24-32,36-37H,6-23H2,1-5H3,(H,40,41,42)/t25?,26-,27-,28?,29+,30?,31?,32+,33-,34+/m0/s1. The van der Waals surface area contributed by atoms with Crippen LogP contribution in [0.5, 0.6) is 0 Å². The first-order valence-corrected chi connectivity index (χ1v) is 19.4. The van der Waals surface area contributed by atoms with Crippen LogP contribution in [-0.2, 0) is 14.6 Å². The lowest BCUT2D eigenvalue weighted by molar-refractivity contribution is -0.118. The Morgan fingerprint density at radius 1 is 0.932 bits per heavy atom. The highest BCUT2D eigenvalue weighted by Crippen LogP contribution is 2.68. The van der Waals surface area contributed by atoms with E-state index >= 15 is 0 Å². The van der Waals surface area contributed by atoms with Crippen molar-refractivity contribution in [2.45, 2.75) is 137 Å². The van der Waals surface area contributed by atoms with Crippen LogP contribution in [0.15, 0.2) is 5.11 Å². The van der Waals surface area contributed by atoms with E-state index in [4.69, 9.17) is 9.71 Å². The Bertz CT molecular complexity index is 1070. The summed E-state index contributed by atoms with van der Waals surface area (Å²) in [6.07, 6.45) is 16.5. The van der Waals surface area contributed by atoms with Gasteiger partial charge in [-0.3, -0.25) is 4.55 Å². The number of unbranched alkanes of at least 4 members (excludes halogenated alkanes) is 1. The quantitative estimate of drug-likeness (QED) is 0.0487. The molecule has 0 heterocycles. The molecule has 3 N–H and O–H groups in total. The van der Waals surface area contributed by atoms with Gasteiger partial charge in [0.1, 0.15) is 0 Å². The minimum absolute atomic E-state index is 0.0443. The van der Waals surface area contributed by atoms with E-state index in [1.54, 1.807) is 0 Å². The summed E-state index contributed by atoms with van der Waals surface area (Å²) >= 11 is 0. The normalized spacial score (nSPS) is 36.6. The lowest BCUT2D eigenvalue weighted by Crippen LogP contribution is -2.55. The van der Waals surface area contributed by atoms with E-state index in [2.05, 4.69) is 41.4 Å². The topological polar surface area (TPSA) is 136 Å². The molecular weight excluding hydrogens is 574 g/mol. The zero-order chi connectivity index (χ0) is 32.0. The maximum atomic E-state index is 11.4. The summed E-state index contributed by atoms with van der Waals surface area (Å²) < 4.78 is 37.1. The number of hydrogen-bond acceptors (Lipinski definition) is 6. The Hall–Kier alpha value is -0.900. The average Bonchev–Trinajstić information content (AvgIpc) is 3.32. The van der Waals surface area contributed by atoms with Crippen molar-refractivity contribution in [2.75, 3.05) is 26.2 Å². The Morgan fingerprint density at radius 2 is 1.66 bits per heavy atom. The fraction of sp³-hybridized carbons (Fsp3) is 1.00. The van der Waals surface area contributed by atoms with Crippen LogP contribution in [0.25, 0.3) is 10.4 Å². The molecule has 44 heavy (non-hydrogen) atoms. The second-order valence-electron chi connectivity index (χ2n) is 15.9. The minimum Gasteiger partial charge on any atom is -0.317 e. The van der Waals surface area contributed by atoms with Crippen molar-refractivity contribution in [3.8, 4) is 0 Å². The second kappa shape index (κ2) is 15.8. The Kier molecular flexibility index (Phi) is 12.9. The third kappa shape index (κ3) is 8.71. The van der Waals surface area contributed by atoms with E-state index < -0.39 is 16.5 Å². The number of nitrogens with one attached hydrogen (secondary N) is 2. The Morgan fingerprint density at radius 3 is 2.39 bits per heavy atom. The van der Waals surface area contributed by atoms with Crippen molar-refractivity contribution in [3.63, 3.8) is 0 Å². The molecular formula is C34H63N5O4S. The van der Waals surface area contributed by atoms with Crippen LogP contribution in [-0.4, -0.2) is 51.3 Å². The highest BCUT2D eigenvalue weighted by Gasteiger charge is 2.60. The molecule has 0 amide bonds. The van der Waals surface area contributed by atoms with Gasteiger partial charge >= 0.3 is 10.4 Å². The number of hydrogen-bond donors (Lipinski definition) is 3. The van der Waals surface area contributed by atoms with Gasteiger partial charge in [0.05, 0.1) is 6.10 Å². The van der Waals surface area contributed by atoms with Gasteiger partial charge in [-0.2, -0.15) is 8.42 Å². The smallest absolute Gasteiger partial charge is 0.317 e. The largest absolute Gasteiger partial charge is 0.397 e. The van der Waals surface area contributed by atoms with Crippen molar-refractivity contribution in [1.29, 1.82) is 0 Å². The predicted molar refractivity (Wildman–Crippen MR) is 177 cm³/mol. The van der Waals surface area contributed by atoms with Crippen LogP contribution in [0, 0.1) is 52.3 Å². The molecule has 4 saturated carbocycles. The van der Waals surface area contributed by atoms with Gasteiger partial charge in [-0.25, -0.2) is 4.18 Å². The zero-order valence-corrected chi connectivity index (χ0v) is 29.2. The molecule has 4 rings (SSSR count). The molecule has 0 aliphatic heterocycles. The fourth-order valence-electron chi connectivity index (χ4n) is 10.8. The average molecular weight is 638 g/mol. The first-order valence-electron chi connectivity index (χ1n) is 18.0. The molecule has 4 unspecified atom stereocenters. The molecule has 4 aliphatic rings. The minimum atomic E-state index is -4.43. The summed E-state index contributed by atoms with van der Waals surface area (Å²) in [5.74, 6) is 4.66. The predicted octanol–water partition coefficient (Wildman–Crippen LogP) is 7.93. The summed E-state index contributed by atoms with van der Waals surface area (Å²) in [6.45, 7) is 15.3. The van der Waals surface area contributed by atoms with E-state index in [9.17, 15) is 13.0 Å². The van der Waals surface area contributed by atoms with Gasteiger partial charge in [-0.1, -0.05) is 39.7 Å². The van der Waals surface area contributed by atoms with Crippen LogP contribution in [0.4, 0.5) is 0 Å². The molecule has 0 saturated heterocycles. The maximum absolute atomic E-state index is 11.4. The van der Waals surface area contributed by atoms with Crippen molar-refractivity contribution >= 4 is 10.4 Å². The molecule has 10 atom stereocenters. The summed E-state index contributed by atoms with van der Waals surface area (Å²) in [7, 11) is -4.43. The van der Waals surface area contributed by atoms with Gasteiger partial charge in [-0.15, -0.1) is 0 Å². The molecule has 4 aliphatic carbocycles. The van der Waals surface area contributed by atoms with Crippen LogP contribution in [0.3, 0.4) is 0 Å². The summed E-state index contributed by atoms with van der Waals surface area (Å²) in [6, 6.07) is 0.665. The lowest BCUT2D eigenvalue weighted by Gasteiger charge is -2.61. The number of rotatable bonds is 17. The highest BCUT2D eigenvalue weighted by atomic mass is 32.3. The molecule has 0 bridgehead atoms. The summed E-state index contributed by atoms with van der Waals surface area (Å²) in [5.41, 5.74) is 9.22. The number of nitrogens with zero attached hydrogens (tertiary/aromatic N) is 3. The molecule has 0 aromatic heterocycles. The van der Waals surface area contributed by atoms with Gasteiger partial charge in [0.2, 0.25) is 0 Å². The van der Waals surface area contributed by atoms with E-state index in [1.807, 2.05) is 13.8 Å². The molecule has 254 valence electrons. The van der Waals surface area contributed by atoms with Crippen LogP contribution in [0.2, 0.25) is 0 Å². The van der Waals surface area contributed by atoms with E-state index in [1.165, 1.54) is 57.8 Å². The van der Waals surface area contributed by atoms with Gasteiger partial charge in [-0.05, 0) is 167 Å². The number of azide groups is 1. The zero-order valence-electron chi connectivity index (χ0n) is 28.3. The Labute approximate surface area is 268 Å². The second-order valence-corrected chi connectivity index (χ2v) is 17.0. The van der Waals surface area contributed by atoms with Crippen LogP contribution in [0.1, 0.15) is 125 Å². The monoisotopic (exact) mass is 637 g/mol. The van der Waals surface area contributed by atoms with E-state index in [0.29, 0.717) is 41.7 Å². The van der Waals surface area contributed by atoms with Crippen molar-refractivity contribution in [3.05, 3.63) is 10.4 Å². The summed E-state index contributed by atoms with van der Waals surface area (Å²) in [4.78, 5) is 2.81. The third-order valence-corrected chi connectivity index (χ3v) is 13.7. The molecule has 9 nitrogen and oxygen atoms in total. The van der Waals surface area contributed by atoms with E-state index in [-0.39, 0.29) is 5.92 Å². The van der Waals surface area contributed by atoms with Crippen molar-refractivity contribution in [2.24, 2.45) is 57.4 Å². The number of fused-ring (bicyclic) bond motifs is 5. The fourth-order valence-corrected chi connectivity index (χ4v) is 11.4. The summed E-state index contributed by atoms with van der Waals surface area (Å²) in [5, 5.41) is 11.0. The third-order valence-electron chi connectivity index (χ3n) is 13.2. The highest BCUT2D eigenvalue weighted by molar-refractivity contribution is 7.80. The maximum Gasteiger partial charge on any atom is 0.397 e. The molecule has 0 aromatic rings. The SMILES string of the molecule is CC(CC[C@@H](OS(=O)(=O)O)C(C)C)[C@H]1CCC2C3CC[C@H]4C[C@@H](NCCCNCCCCN=[N+]=[N-])CC[C@]4(C)C3CC[C@@]21C. The van der Waals surface area contributed by atoms with Gasteiger partial charge in [0, 0.05) is 17.5 Å². The lowest BCUT2D eigenvalue weighted by atomic mass is 9.44. The molecule has 4 fully saturated rings. The van der Waals surface area contributed by atoms with Crippen LogP contribution < -0.4 is 10.6 Å². The molecule has 0 radical (unpaired) electrons. The first kappa shape index (κ1) is 35.9. The van der Waals surface area contributed by atoms with Crippen LogP contribution >= 0.6 is 0 Å². The first-order chi connectivity index (χ1) is 20.9.